The maximum Gasteiger partial charge on any atom is 0.127 e. The van der Waals surface area contributed by atoms with Crippen LogP contribution in [0.4, 0.5) is 4.39 Å². The molecule has 2 rings (SSSR count). The molecule has 1 nitrogen and oxygen atoms in total. The average molecular weight is 336 g/mol. The first kappa shape index (κ1) is 15.2. The number of benzene rings is 2. The lowest BCUT2D eigenvalue weighted by atomic mass is 9.96. The van der Waals surface area contributed by atoms with Gasteiger partial charge >= 0.3 is 0 Å². The molecule has 2 aromatic carbocycles. The summed E-state index contributed by atoms with van der Waals surface area (Å²) in [6, 6.07) is 11.8. The highest BCUT2D eigenvalue weighted by atomic mass is 79.9. The first-order valence-electron chi connectivity index (χ1n) is 6.69. The Morgan fingerprint density at radius 2 is 1.85 bits per heavy atom. The van der Waals surface area contributed by atoms with Crippen LogP contribution in [0.5, 0.6) is 0 Å². The number of halogens is 2. The Balaban J connectivity index is 2.26. The van der Waals surface area contributed by atoms with Crippen molar-refractivity contribution in [1.29, 1.82) is 0 Å². The van der Waals surface area contributed by atoms with Gasteiger partial charge < -0.3 is 5.32 Å². The van der Waals surface area contributed by atoms with Crippen LogP contribution in [0.1, 0.15) is 28.3 Å². The minimum Gasteiger partial charge on any atom is -0.313 e. The third kappa shape index (κ3) is 3.47. The lowest BCUT2D eigenvalue weighted by molar-refractivity contribution is 0.553. The average Bonchev–Trinajstić information content (AvgIpc) is 2.41. The van der Waals surface area contributed by atoms with Crippen LogP contribution < -0.4 is 5.32 Å². The van der Waals surface area contributed by atoms with Crippen LogP contribution in [0.25, 0.3) is 0 Å². The fraction of sp³-hybridized carbons (Fsp3) is 0.294. The van der Waals surface area contributed by atoms with Crippen LogP contribution in [-0.4, -0.2) is 7.05 Å². The van der Waals surface area contributed by atoms with E-state index in [0.717, 1.165) is 10.0 Å². The highest BCUT2D eigenvalue weighted by Crippen LogP contribution is 2.23. The molecule has 3 heteroatoms. The second-order valence-corrected chi connectivity index (χ2v) is 6.04. The Kier molecular flexibility index (Phi) is 4.95. The first-order valence-corrected chi connectivity index (χ1v) is 7.49. The minimum absolute atomic E-state index is 0.116. The summed E-state index contributed by atoms with van der Waals surface area (Å²) in [7, 11) is 1.91. The zero-order valence-electron chi connectivity index (χ0n) is 12.0. The Morgan fingerprint density at radius 3 is 2.45 bits per heavy atom. The number of likely N-dealkylation sites (N-methyl/N-ethyl adjacent to an activating group) is 1. The SMILES string of the molecule is CNC(Cc1ccc(Br)cc1F)c1ccc(C)c(C)c1. The van der Waals surface area contributed by atoms with Gasteiger partial charge in [0.25, 0.3) is 0 Å². The van der Waals surface area contributed by atoms with Crippen molar-refractivity contribution < 1.29 is 4.39 Å². The first-order chi connectivity index (χ1) is 9.51. The van der Waals surface area contributed by atoms with Crippen LogP contribution in [0, 0.1) is 19.7 Å². The van der Waals surface area contributed by atoms with Gasteiger partial charge in [-0.15, -0.1) is 0 Å². The van der Waals surface area contributed by atoms with E-state index in [2.05, 4.69) is 53.3 Å². The van der Waals surface area contributed by atoms with Crippen LogP contribution in [-0.2, 0) is 6.42 Å². The second-order valence-electron chi connectivity index (χ2n) is 5.12. The highest BCUT2D eigenvalue weighted by Gasteiger charge is 2.13. The predicted molar refractivity (Wildman–Crippen MR) is 85.5 cm³/mol. The molecule has 0 heterocycles. The fourth-order valence-corrected chi connectivity index (χ4v) is 2.61. The van der Waals surface area contributed by atoms with E-state index < -0.39 is 0 Å². The molecule has 0 radical (unpaired) electrons. The summed E-state index contributed by atoms with van der Waals surface area (Å²) in [5.74, 6) is -0.163. The summed E-state index contributed by atoms with van der Waals surface area (Å²) in [4.78, 5) is 0. The predicted octanol–water partition coefficient (Wildman–Crippen LogP) is 4.71. The highest BCUT2D eigenvalue weighted by molar-refractivity contribution is 9.10. The number of aryl methyl sites for hydroxylation is 2. The number of hydrogen-bond donors (Lipinski definition) is 1. The van der Waals surface area contributed by atoms with Crippen molar-refractivity contribution in [3.63, 3.8) is 0 Å². The second kappa shape index (κ2) is 6.51. The van der Waals surface area contributed by atoms with Crippen LogP contribution in [0.15, 0.2) is 40.9 Å². The molecule has 106 valence electrons. The Labute approximate surface area is 128 Å². The van der Waals surface area contributed by atoms with E-state index in [1.807, 2.05) is 19.2 Å². The van der Waals surface area contributed by atoms with Crippen molar-refractivity contribution in [2.75, 3.05) is 7.05 Å². The maximum absolute atomic E-state index is 13.9. The Morgan fingerprint density at radius 1 is 1.10 bits per heavy atom. The number of rotatable bonds is 4. The molecule has 0 saturated heterocycles. The molecule has 0 aliphatic heterocycles. The van der Waals surface area contributed by atoms with Crippen molar-refractivity contribution in [2.45, 2.75) is 26.3 Å². The van der Waals surface area contributed by atoms with E-state index in [0.29, 0.717) is 6.42 Å². The summed E-state index contributed by atoms with van der Waals surface area (Å²) in [5, 5.41) is 3.28. The zero-order chi connectivity index (χ0) is 14.7. The third-order valence-electron chi connectivity index (χ3n) is 3.72. The molecule has 0 amide bonds. The molecule has 0 bridgehead atoms. The third-order valence-corrected chi connectivity index (χ3v) is 4.21. The van der Waals surface area contributed by atoms with E-state index in [9.17, 15) is 4.39 Å². The maximum atomic E-state index is 13.9. The molecular weight excluding hydrogens is 317 g/mol. The molecule has 0 aliphatic rings. The van der Waals surface area contributed by atoms with Gasteiger partial charge in [0.1, 0.15) is 5.82 Å². The van der Waals surface area contributed by atoms with Crippen molar-refractivity contribution in [3.8, 4) is 0 Å². The van der Waals surface area contributed by atoms with E-state index >= 15 is 0 Å². The summed E-state index contributed by atoms with van der Waals surface area (Å²) in [6.45, 7) is 4.20. The molecule has 0 aromatic heterocycles. The fourth-order valence-electron chi connectivity index (χ4n) is 2.28. The quantitative estimate of drug-likeness (QED) is 0.853. The minimum atomic E-state index is -0.163. The molecule has 2 aromatic rings. The van der Waals surface area contributed by atoms with Gasteiger partial charge in [0.15, 0.2) is 0 Å². The van der Waals surface area contributed by atoms with Gasteiger partial charge in [-0.3, -0.25) is 0 Å². The van der Waals surface area contributed by atoms with E-state index in [4.69, 9.17) is 0 Å². The molecule has 20 heavy (non-hydrogen) atoms. The van der Waals surface area contributed by atoms with Crippen LogP contribution >= 0.6 is 15.9 Å². The van der Waals surface area contributed by atoms with Crippen LogP contribution in [0.3, 0.4) is 0 Å². The topological polar surface area (TPSA) is 12.0 Å². The van der Waals surface area contributed by atoms with Crippen molar-refractivity contribution in [2.24, 2.45) is 0 Å². The van der Waals surface area contributed by atoms with Gasteiger partial charge in [-0.2, -0.15) is 0 Å². The summed E-state index contributed by atoms with van der Waals surface area (Å²) in [6.07, 6.45) is 0.637. The molecule has 0 spiro atoms. The molecule has 1 N–H and O–H groups in total. The standard InChI is InChI=1S/C17H19BrFN/c1-11-4-5-14(8-12(11)2)17(20-3)9-13-6-7-15(18)10-16(13)19/h4-8,10,17,20H,9H2,1-3H3. The van der Waals surface area contributed by atoms with Gasteiger partial charge in [0.05, 0.1) is 0 Å². The lowest BCUT2D eigenvalue weighted by Gasteiger charge is -2.18. The van der Waals surface area contributed by atoms with Gasteiger partial charge in [-0.25, -0.2) is 4.39 Å². The molecule has 0 aliphatic carbocycles. The van der Waals surface area contributed by atoms with Gasteiger partial charge in [0, 0.05) is 10.5 Å². The number of hydrogen-bond acceptors (Lipinski definition) is 1. The number of nitrogens with one attached hydrogen (secondary N) is 1. The van der Waals surface area contributed by atoms with Gasteiger partial charge in [-0.05, 0) is 61.7 Å². The normalized spacial score (nSPS) is 12.4. The van der Waals surface area contributed by atoms with Crippen LogP contribution in [0.2, 0.25) is 0 Å². The monoisotopic (exact) mass is 335 g/mol. The van der Waals surface area contributed by atoms with Crippen molar-refractivity contribution in [3.05, 3.63) is 68.9 Å². The van der Waals surface area contributed by atoms with Crippen molar-refractivity contribution in [1.82, 2.24) is 5.32 Å². The molecule has 0 saturated carbocycles. The Bertz CT molecular complexity index is 610. The van der Waals surface area contributed by atoms with E-state index in [1.165, 1.54) is 22.8 Å². The van der Waals surface area contributed by atoms with Gasteiger partial charge in [0.2, 0.25) is 0 Å². The largest absolute Gasteiger partial charge is 0.313 e. The van der Waals surface area contributed by atoms with E-state index in [-0.39, 0.29) is 11.9 Å². The summed E-state index contributed by atoms with van der Waals surface area (Å²) >= 11 is 3.29. The van der Waals surface area contributed by atoms with Gasteiger partial charge in [-0.1, -0.05) is 40.2 Å². The summed E-state index contributed by atoms with van der Waals surface area (Å²) < 4.78 is 14.7. The smallest absolute Gasteiger partial charge is 0.127 e. The zero-order valence-corrected chi connectivity index (χ0v) is 13.6. The molecule has 0 fully saturated rings. The molecule has 1 unspecified atom stereocenters. The lowest BCUT2D eigenvalue weighted by Crippen LogP contribution is -2.19. The molecular formula is C17H19BrFN. The van der Waals surface area contributed by atoms with Crippen molar-refractivity contribution >= 4 is 15.9 Å². The molecule has 1 atom stereocenters. The Hall–Kier alpha value is -1.19. The van der Waals surface area contributed by atoms with E-state index in [1.54, 1.807) is 0 Å². The summed E-state index contributed by atoms with van der Waals surface area (Å²) in [5.41, 5.74) is 4.46.